The molecule has 35 heavy (non-hydrogen) atoms. The molecule has 1 saturated heterocycles. The van der Waals surface area contributed by atoms with Crippen molar-refractivity contribution in [1.82, 2.24) is 10.7 Å². The van der Waals surface area contributed by atoms with Crippen LogP contribution in [0, 0.1) is 6.92 Å². The van der Waals surface area contributed by atoms with Crippen LogP contribution in [0.3, 0.4) is 0 Å². The minimum Gasteiger partial charge on any atom is -0.493 e. The summed E-state index contributed by atoms with van der Waals surface area (Å²) in [5.74, 6) is -1.62. The standard InChI is InChI=1S/C24H27ClN4O6/c1-15-5-7-17(8-6-15)28-21(30)14-35-22-19(25)10-16(11-20(22)33-2)12-27-29-24(32)23(31)26-13-18-4-3-9-34-18/h5-8,10-12,18H,3-4,9,13-14H2,1-2H3,(H,26,31)(H,28,30)(H,29,32)/b27-12-/t18-/m0/s1. The molecule has 0 spiro atoms. The average molecular weight is 503 g/mol. The van der Waals surface area contributed by atoms with Crippen molar-refractivity contribution in [1.29, 1.82) is 0 Å². The number of hydrogen-bond acceptors (Lipinski definition) is 7. The lowest BCUT2D eigenvalue weighted by Crippen LogP contribution is -2.41. The minimum absolute atomic E-state index is 0.0701. The molecule has 2 aromatic rings. The third kappa shape index (κ3) is 7.97. The lowest BCUT2D eigenvalue weighted by atomic mass is 10.2. The van der Waals surface area contributed by atoms with E-state index in [1.54, 1.807) is 18.2 Å². The molecule has 1 fully saturated rings. The van der Waals surface area contributed by atoms with Crippen molar-refractivity contribution in [2.45, 2.75) is 25.9 Å². The molecule has 3 amide bonds. The first-order valence-electron chi connectivity index (χ1n) is 11.0. The summed E-state index contributed by atoms with van der Waals surface area (Å²) in [6, 6.07) is 10.4. The molecule has 10 nitrogen and oxygen atoms in total. The monoisotopic (exact) mass is 502 g/mol. The number of anilines is 1. The Morgan fingerprint density at radius 2 is 1.97 bits per heavy atom. The van der Waals surface area contributed by atoms with Crippen molar-refractivity contribution in [3.8, 4) is 11.5 Å². The molecule has 0 aromatic heterocycles. The van der Waals surface area contributed by atoms with Crippen molar-refractivity contribution in [3.05, 3.63) is 52.5 Å². The highest BCUT2D eigenvalue weighted by atomic mass is 35.5. The van der Waals surface area contributed by atoms with E-state index in [1.807, 2.05) is 19.1 Å². The molecule has 1 heterocycles. The third-order valence-electron chi connectivity index (χ3n) is 5.03. The lowest BCUT2D eigenvalue weighted by molar-refractivity contribution is -0.139. The Hall–Kier alpha value is -3.63. The minimum atomic E-state index is -0.906. The van der Waals surface area contributed by atoms with Gasteiger partial charge in [0, 0.05) is 18.8 Å². The highest BCUT2D eigenvalue weighted by molar-refractivity contribution is 6.35. The summed E-state index contributed by atoms with van der Waals surface area (Å²) in [6.45, 7) is 2.60. The van der Waals surface area contributed by atoms with Crippen LogP contribution in [0.4, 0.5) is 5.69 Å². The molecule has 11 heteroatoms. The highest BCUT2D eigenvalue weighted by Gasteiger charge is 2.19. The van der Waals surface area contributed by atoms with Gasteiger partial charge in [0.2, 0.25) is 0 Å². The first-order chi connectivity index (χ1) is 16.9. The molecule has 0 bridgehead atoms. The molecule has 0 aliphatic carbocycles. The molecular weight excluding hydrogens is 476 g/mol. The van der Waals surface area contributed by atoms with Gasteiger partial charge in [0.25, 0.3) is 5.91 Å². The number of methoxy groups -OCH3 is 1. The van der Waals surface area contributed by atoms with E-state index in [2.05, 4.69) is 21.2 Å². The van der Waals surface area contributed by atoms with Gasteiger partial charge in [-0.25, -0.2) is 5.43 Å². The number of hydrogen-bond donors (Lipinski definition) is 3. The number of amides is 3. The van der Waals surface area contributed by atoms with E-state index in [-0.39, 0.29) is 41.7 Å². The van der Waals surface area contributed by atoms with Crippen molar-refractivity contribution in [2.24, 2.45) is 5.10 Å². The number of nitrogens with zero attached hydrogens (tertiary/aromatic N) is 1. The average Bonchev–Trinajstić information content (AvgIpc) is 3.36. The maximum Gasteiger partial charge on any atom is 0.329 e. The van der Waals surface area contributed by atoms with Gasteiger partial charge in [0.1, 0.15) is 0 Å². The number of carbonyl (C=O) groups is 3. The van der Waals surface area contributed by atoms with Crippen molar-refractivity contribution in [3.63, 3.8) is 0 Å². The molecule has 0 saturated carbocycles. The Morgan fingerprint density at radius 3 is 2.66 bits per heavy atom. The Balaban J connectivity index is 1.52. The molecule has 186 valence electrons. The van der Waals surface area contributed by atoms with E-state index < -0.39 is 11.8 Å². The van der Waals surface area contributed by atoms with E-state index in [0.29, 0.717) is 17.9 Å². The zero-order chi connectivity index (χ0) is 25.2. The SMILES string of the molecule is COc1cc(/C=N\NC(=O)C(=O)NC[C@@H]2CCCO2)cc(Cl)c1OCC(=O)Nc1ccc(C)cc1. The van der Waals surface area contributed by atoms with E-state index in [0.717, 1.165) is 18.4 Å². The van der Waals surface area contributed by atoms with Gasteiger partial charge in [-0.3, -0.25) is 14.4 Å². The summed E-state index contributed by atoms with van der Waals surface area (Å²) >= 11 is 6.31. The van der Waals surface area contributed by atoms with Gasteiger partial charge in [-0.15, -0.1) is 0 Å². The zero-order valence-electron chi connectivity index (χ0n) is 19.4. The molecule has 3 N–H and O–H groups in total. The van der Waals surface area contributed by atoms with Crippen LogP contribution in [0.5, 0.6) is 11.5 Å². The second kappa shape index (κ2) is 12.7. The van der Waals surface area contributed by atoms with Crippen LogP contribution in [0.25, 0.3) is 0 Å². The zero-order valence-corrected chi connectivity index (χ0v) is 20.2. The van der Waals surface area contributed by atoms with E-state index in [4.69, 9.17) is 25.8 Å². The number of carbonyl (C=O) groups excluding carboxylic acids is 3. The molecule has 1 atom stereocenters. The molecule has 0 radical (unpaired) electrons. The Morgan fingerprint density at radius 1 is 1.20 bits per heavy atom. The highest BCUT2D eigenvalue weighted by Crippen LogP contribution is 2.36. The Labute approximate surface area is 208 Å². The summed E-state index contributed by atoms with van der Waals surface area (Å²) in [5.41, 5.74) is 4.36. The van der Waals surface area contributed by atoms with Crippen LogP contribution < -0.4 is 25.5 Å². The predicted molar refractivity (Wildman–Crippen MR) is 131 cm³/mol. The van der Waals surface area contributed by atoms with Gasteiger partial charge in [0.15, 0.2) is 18.1 Å². The second-order valence-electron chi connectivity index (χ2n) is 7.78. The van der Waals surface area contributed by atoms with Crippen LogP contribution in [0.2, 0.25) is 5.02 Å². The van der Waals surface area contributed by atoms with Crippen LogP contribution in [0.1, 0.15) is 24.0 Å². The summed E-state index contributed by atoms with van der Waals surface area (Å²) in [5, 5.41) is 9.20. The molecule has 3 rings (SSSR count). The van der Waals surface area contributed by atoms with Crippen molar-refractivity contribution < 1.29 is 28.6 Å². The maximum absolute atomic E-state index is 12.2. The molecule has 1 aliphatic heterocycles. The summed E-state index contributed by atoms with van der Waals surface area (Å²) in [6.07, 6.45) is 3.01. The van der Waals surface area contributed by atoms with Gasteiger partial charge in [-0.05, 0) is 49.6 Å². The fraction of sp³-hybridized carbons (Fsp3) is 0.333. The van der Waals surface area contributed by atoms with Gasteiger partial charge in [0.05, 0.1) is 24.5 Å². The van der Waals surface area contributed by atoms with Gasteiger partial charge < -0.3 is 24.8 Å². The molecular formula is C24H27ClN4O6. The normalized spacial score (nSPS) is 15.0. The number of halogens is 1. The maximum atomic E-state index is 12.2. The first-order valence-corrected chi connectivity index (χ1v) is 11.3. The Kier molecular flexibility index (Phi) is 9.45. The quantitative estimate of drug-likeness (QED) is 0.274. The van der Waals surface area contributed by atoms with E-state index in [1.165, 1.54) is 19.4 Å². The van der Waals surface area contributed by atoms with Crippen LogP contribution in [0.15, 0.2) is 41.5 Å². The third-order valence-corrected chi connectivity index (χ3v) is 5.32. The van der Waals surface area contributed by atoms with Crippen molar-refractivity contribution in [2.75, 3.05) is 32.2 Å². The molecule has 0 unspecified atom stereocenters. The van der Waals surface area contributed by atoms with Gasteiger partial charge in [-0.1, -0.05) is 29.3 Å². The predicted octanol–water partition coefficient (Wildman–Crippen LogP) is 2.42. The van der Waals surface area contributed by atoms with Crippen LogP contribution in [-0.4, -0.2) is 56.9 Å². The summed E-state index contributed by atoms with van der Waals surface area (Å²) in [4.78, 5) is 36.0. The Bertz CT molecular complexity index is 1080. The fourth-order valence-electron chi connectivity index (χ4n) is 3.23. The lowest BCUT2D eigenvalue weighted by Gasteiger charge is -2.13. The first kappa shape index (κ1) is 26.0. The van der Waals surface area contributed by atoms with Gasteiger partial charge in [-0.2, -0.15) is 5.10 Å². The van der Waals surface area contributed by atoms with Gasteiger partial charge >= 0.3 is 11.8 Å². The van der Waals surface area contributed by atoms with Crippen LogP contribution >= 0.6 is 11.6 Å². The number of hydrazone groups is 1. The number of aryl methyl sites for hydroxylation is 1. The number of benzene rings is 2. The van der Waals surface area contributed by atoms with Crippen LogP contribution in [-0.2, 0) is 19.1 Å². The number of rotatable bonds is 9. The topological polar surface area (TPSA) is 127 Å². The number of ether oxygens (including phenoxy) is 3. The summed E-state index contributed by atoms with van der Waals surface area (Å²) in [7, 11) is 1.42. The smallest absolute Gasteiger partial charge is 0.329 e. The second-order valence-corrected chi connectivity index (χ2v) is 8.19. The fourth-order valence-corrected chi connectivity index (χ4v) is 3.51. The van der Waals surface area contributed by atoms with E-state index in [9.17, 15) is 14.4 Å². The summed E-state index contributed by atoms with van der Waals surface area (Å²) < 4.78 is 16.3. The largest absolute Gasteiger partial charge is 0.493 e. The molecule has 2 aromatic carbocycles. The van der Waals surface area contributed by atoms with Crippen molar-refractivity contribution >= 4 is 41.2 Å². The molecule has 1 aliphatic rings. The van der Waals surface area contributed by atoms with E-state index >= 15 is 0 Å². The number of nitrogens with one attached hydrogen (secondary N) is 3.